The van der Waals surface area contributed by atoms with Gasteiger partial charge in [-0.3, -0.25) is 4.99 Å². The highest BCUT2D eigenvalue weighted by molar-refractivity contribution is 14.0. The van der Waals surface area contributed by atoms with Gasteiger partial charge in [0.25, 0.3) is 0 Å². The molecular formula is C21H35IN6O. The predicted octanol–water partition coefficient (Wildman–Crippen LogP) is 3.27. The molecule has 1 heterocycles. The minimum absolute atomic E-state index is 0. The third kappa shape index (κ3) is 9.12. The highest BCUT2D eigenvalue weighted by Gasteiger charge is 2.08. The average Bonchev–Trinajstić information content (AvgIpc) is 3.15. The predicted molar refractivity (Wildman–Crippen MR) is 129 cm³/mol. The molecule has 1 aromatic heterocycles. The third-order valence-corrected chi connectivity index (χ3v) is 4.46. The van der Waals surface area contributed by atoms with Crippen molar-refractivity contribution in [3.8, 4) is 0 Å². The number of nitrogens with one attached hydrogen (secondary N) is 1. The lowest BCUT2D eigenvalue weighted by molar-refractivity contribution is 0.146. The van der Waals surface area contributed by atoms with Gasteiger partial charge in [0, 0.05) is 52.9 Å². The van der Waals surface area contributed by atoms with Crippen LogP contribution in [0.4, 0.5) is 0 Å². The van der Waals surface area contributed by atoms with E-state index >= 15 is 0 Å². The molecule has 1 aromatic carbocycles. The molecule has 0 saturated heterocycles. The molecule has 2 rings (SSSR count). The second kappa shape index (κ2) is 14.3. The standard InChI is InChI=1S/C21H34N6O.HI/c1-5-20-25-24-17-27(20)14-13-23-21(22-12-7-15-28-6-2)26(4)16-19-10-8-18(3)9-11-19;/h8-11,17H,5-7,12-16H2,1-4H3,(H,22,23);1H. The van der Waals surface area contributed by atoms with E-state index in [1.807, 2.05) is 6.92 Å². The number of aliphatic imine (C=N–C) groups is 1. The molecule has 0 saturated carbocycles. The van der Waals surface area contributed by atoms with Crippen LogP contribution in [0.1, 0.15) is 37.2 Å². The molecule has 2 aromatic rings. The van der Waals surface area contributed by atoms with Gasteiger partial charge in [0.2, 0.25) is 0 Å². The molecule has 0 amide bonds. The SMILES string of the molecule is CCOCCCN=C(NCCn1cnnc1CC)N(C)Cc1ccc(C)cc1.I. The fourth-order valence-electron chi connectivity index (χ4n) is 2.88. The van der Waals surface area contributed by atoms with Crippen molar-refractivity contribution >= 4 is 29.9 Å². The summed E-state index contributed by atoms with van der Waals surface area (Å²) in [5, 5.41) is 11.6. The second-order valence-corrected chi connectivity index (χ2v) is 6.82. The lowest BCUT2D eigenvalue weighted by Gasteiger charge is -2.23. The zero-order chi connectivity index (χ0) is 20.2. The van der Waals surface area contributed by atoms with E-state index in [1.165, 1.54) is 11.1 Å². The first-order chi connectivity index (χ1) is 13.6. The molecule has 0 bridgehead atoms. The molecule has 7 nitrogen and oxygen atoms in total. The van der Waals surface area contributed by atoms with Crippen LogP contribution in [0.25, 0.3) is 0 Å². The van der Waals surface area contributed by atoms with Gasteiger partial charge < -0.3 is 19.5 Å². The van der Waals surface area contributed by atoms with E-state index < -0.39 is 0 Å². The molecule has 29 heavy (non-hydrogen) atoms. The number of halogens is 1. The van der Waals surface area contributed by atoms with Crippen molar-refractivity contribution in [3.63, 3.8) is 0 Å². The summed E-state index contributed by atoms with van der Waals surface area (Å²) in [5.41, 5.74) is 2.54. The number of aromatic nitrogens is 3. The number of hydrogen-bond acceptors (Lipinski definition) is 4. The topological polar surface area (TPSA) is 67.6 Å². The fraction of sp³-hybridized carbons (Fsp3) is 0.571. The number of rotatable bonds is 11. The van der Waals surface area contributed by atoms with Crippen molar-refractivity contribution in [2.24, 2.45) is 4.99 Å². The molecular weight excluding hydrogens is 479 g/mol. The van der Waals surface area contributed by atoms with E-state index in [-0.39, 0.29) is 24.0 Å². The fourth-order valence-corrected chi connectivity index (χ4v) is 2.88. The van der Waals surface area contributed by atoms with Crippen molar-refractivity contribution in [3.05, 3.63) is 47.5 Å². The first-order valence-electron chi connectivity index (χ1n) is 10.1. The molecule has 162 valence electrons. The van der Waals surface area contributed by atoms with Crippen LogP contribution in [-0.4, -0.2) is 59.0 Å². The summed E-state index contributed by atoms with van der Waals surface area (Å²) in [6.45, 7) is 10.8. The maximum atomic E-state index is 5.42. The van der Waals surface area contributed by atoms with Gasteiger partial charge in [-0.25, -0.2) is 0 Å². The van der Waals surface area contributed by atoms with Gasteiger partial charge in [-0.05, 0) is 25.8 Å². The Kier molecular flexibility index (Phi) is 12.5. The molecule has 1 N–H and O–H groups in total. The first-order valence-corrected chi connectivity index (χ1v) is 10.1. The van der Waals surface area contributed by atoms with Crippen LogP contribution in [-0.2, 0) is 24.2 Å². The summed E-state index contributed by atoms with van der Waals surface area (Å²) < 4.78 is 7.50. The summed E-state index contributed by atoms with van der Waals surface area (Å²) >= 11 is 0. The largest absolute Gasteiger partial charge is 0.382 e. The number of aryl methyl sites for hydroxylation is 2. The van der Waals surface area contributed by atoms with E-state index in [0.29, 0.717) is 0 Å². The molecule has 0 spiro atoms. The summed E-state index contributed by atoms with van der Waals surface area (Å²) in [6, 6.07) is 8.63. The average molecular weight is 514 g/mol. The van der Waals surface area contributed by atoms with Crippen molar-refractivity contribution in [2.75, 3.05) is 33.4 Å². The Morgan fingerprint density at radius 1 is 1.24 bits per heavy atom. The summed E-state index contributed by atoms with van der Waals surface area (Å²) in [7, 11) is 2.07. The van der Waals surface area contributed by atoms with Crippen LogP contribution in [0.2, 0.25) is 0 Å². The highest BCUT2D eigenvalue weighted by atomic mass is 127. The maximum absolute atomic E-state index is 5.42. The number of ether oxygens (including phenoxy) is 1. The van der Waals surface area contributed by atoms with Crippen LogP contribution < -0.4 is 5.32 Å². The summed E-state index contributed by atoms with van der Waals surface area (Å²) in [5.74, 6) is 1.91. The zero-order valence-electron chi connectivity index (χ0n) is 18.1. The molecule has 8 heteroatoms. The number of hydrogen-bond donors (Lipinski definition) is 1. The smallest absolute Gasteiger partial charge is 0.194 e. The van der Waals surface area contributed by atoms with Crippen LogP contribution in [0, 0.1) is 6.92 Å². The van der Waals surface area contributed by atoms with Gasteiger partial charge in [0.05, 0.1) is 0 Å². The van der Waals surface area contributed by atoms with Crippen LogP contribution in [0.15, 0.2) is 35.6 Å². The van der Waals surface area contributed by atoms with Gasteiger partial charge in [-0.2, -0.15) is 0 Å². The van der Waals surface area contributed by atoms with Crippen LogP contribution in [0.5, 0.6) is 0 Å². The molecule has 0 fully saturated rings. The summed E-state index contributed by atoms with van der Waals surface area (Å²) in [4.78, 5) is 6.95. The number of guanidine groups is 1. The third-order valence-electron chi connectivity index (χ3n) is 4.46. The molecule has 0 aliphatic heterocycles. The Bertz CT molecular complexity index is 716. The monoisotopic (exact) mass is 514 g/mol. The molecule has 0 aliphatic rings. The quantitative estimate of drug-likeness (QED) is 0.216. The second-order valence-electron chi connectivity index (χ2n) is 6.82. The van der Waals surface area contributed by atoms with Crippen molar-refractivity contribution in [1.82, 2.24) is 25.0 Å². The first kappa shape index (κ1) is 25.4. The van der Waals surface area contributed by atoms with Gasteiger partial charge in [0.1, 0.15) is 12.2 Å². The van der Waals surface area contributed by atoms with E-state index in [1.54, 1.807) is 6.33 Å². The van der Waals surface area contributed by atoms with Gasteiger partial charge in [-0.15, -0.1) is 34.2 Å². The maximum Gasteiger partial charge on any atom is 0.194 e. The molecule has 0 unspecified atom stereocenters. The Morgan fingerprint density at radius 2 is 2.00 bits per heavy atom. The number of nitrogens with zero attached hydrogens (tertiary/aromatic N) is 5. The van der Waals surface area contributed by atoms with E-state index in [0.717, 1.165) is 64.0 Å². The Hall–Kier alpha value is -1.68. The van der Waals surface area contributed by atoms with E-state index in [4.69, 9.17) is 9.73 Å². The van der Waals surface area contributed by atoms with E-state index in [2.05, 4.69) is 70.1 Å². The summed E-state index contributed by atoms with van der Waals surface area (Å²) in [6.07, 6.45) is 3.59. The Labute approximate surface area is 192 Å². The van der Waals surface area contributed by atoms with Crippen LogP contribution >= 0.6 is 24.0 Å². The zero-order valence-corrected chi connectivity index (χ0v) is 20.4. The Balaban J connectivity index is 0.00000420. The van der Waals surface area contributed by atoms with Gasteiger partial charge in [-0.1, -0.05) is 36.8 Å². The highest BCUT2D eigenvalue weighted by Crippen LogP contribution is 2.06. The minimum atomic E-state index is 0. The van der Waals surface area contributed by atoms with Gasteiger partial charge >= 0.3 is 0 Å². The lowest BCUT2D eigenvalue weighted by atomic mass is 10.1. The van der Waals surface area contributed by atoms with E-state index in [9.17, 15) is 0 Å². The molecule has 0 atom stereocenters. The lowest BCUT2D eigenvalue weighted by Crippen LogP contribution is -2.40. The molecule has 0 aliphatic carbocycles. The Morgan fingerprint density at radius 3 is 2.69 bits per heavy atom. The van der Waals surface area contributed by atoms with Crippen molar-refractivity contribution in [1.29, 1.82) is 0 Å². The van der Waals surface area contributed by atoms with Gasteiger partial charge in [0.15, 0.2) is 5.96 Å². The molecule has 0 radical (unpaired) electrons. The van der Waals surface area contributed by atoms with Crippen molar-refractivity contribution < 1.29 is 4.74 Å². The normalized spacial score (nSPS) is 11.2. The minimum Gasteiger partial charge on any atom is -0.382 e. The van der Waals surface area contributed by atoms with Crippen LogP contribution in [0.3, 0.4) is 0 Å². The number of benzene rings is 1. The van der Waals surface area contributed by atoms with Crippen molar-refractivity contribution in [2.45, 2.75) is 46.7 Å².